The number of fused-ring (bicyclic) bond motifs is 1. The topological polar surface area (TPSA) is 17.8 Å². The van der Waals surface area contributed by atoms with E-state index >= 15 is 0 Å². The maximum Gasteiger partial charge on any atom is 0.0699 e. The van der Waals surface area contributed by atoms with Crippen molar-refractivity contribution in [3.63, 3.8) is 0 Å². The third-order valence-electron chi connectivity index (χ3n) is 2.36. The summed E-state index contributed by atoms with van der Waals surface area (Å²) in [6, 6.07) is 4.18. The maximum atomic E-state index is 4.42. The van der Waals surface area contributed by atoms with Gasteiger partial charge in [0.15, 0.2) is 0 Å². The van der Waals surface area contributed by atoms with Crippen LogP contribution in [0.3, 0.4) is 0 Å². The van der Waals surface area contributed by atoms with Gasteiger partial charge in [-0.1, -0.05) is 13.8 Å². The summed E-state index contributed by atoms with van der Waals surface area (Å²) in [4.78, 5) is 4.42. The number of hydrogen-bond donors (Lipinski definition) is 0. The molecule has 2 heterocycles. The van der Waals surface area contributed by atoms with E-state index in [1.54, 1.807) is 0 Å². The number of pyridine rings is 1. The van der Waals surface area contributed by atoms with E-state index in [1.807, 2.05) is 6.20 Å². The molecule has 0 aliphatic heterocycles. The van der Waals surface area contributed by atoms with Crippen molar-refractivity contribution in [3.8, 4) is 0 Å². The first kappa shape index (κ1) is 8.30. The lowest BCUT2D eigenvalue weighted by molar-refractivity contribution is 0.817. The molecule has 2 aromatic rings. The third-order valence-corrected chi connectivity index (χ3v) is 2.36. The molecule has 0 saturated carbocycles. The molecule has 2 heteroatoms. The molecule has 0 aliphatic rings. The van der Waals surface area contributed by atoms with Crippen LogP contribution in [0.25, 0.3) is 10.9 Å². The van der Waals surface area contributed by atoms with Crippen LogP contribution in [0.1, 0.15) is 25.5 Å². The van der Waals surface area contributed by atoms with Crippen molar-refractivity contribution < 1.29 is 0 Å². The van der Waals surface area contributed by atoms with Crippen molar-refractivity contribution in [3.05, 3.63) is 30.2 Å². The van der Waals surface area contributed by atoms with Gasteiger partial charge in [0.05, 0.1) is 11.2 Å². The van der Waals surface area contributed by atoms with E-state index in [2.05, 4.69) is 48.8 Å². The second-order valence-corrected chi connectivity index (χ2v) is 3.72. The highest BCUT2D eigenvalue weighted by Gasteiger charge is 2.08. The van der Waals surface area contributed by atoms with Gasteiger partial charge in [-0.3, -0.25) is 4.98 Å². The fraction of sp³-hybridized carbons (Fsp3) is 0.364. The highest BCUT2D eigenvalue weighted by atomic mass is 14.9. The van der Waals surface area contributed by atoms with Gasteiger partial charge < -0.3 is 4.57 Å². The third kappa shape index (κ3) is 1.22. The first-order valence-electron chi connectivity index (χ1n) is 4.60. The summed E-state index contributed by atoms with van der Waals surface area (Å²) in [7, 11) is 2.07. The molecule has 0 aromatic carbocycles. The zero-order valence-corrected chi connectivity index (χ0v) is 8.28. The van der Waals surface area contributed by atoms with E-state index in [0.29, 0.717) is 5.92 Å². The Morgan fingerprint density at radius 3 is 2.77 bits per heavy atom. The zero-order valence-electron chi connectivity index (χ0n) is 8.28. The van der Waals surface area contributed by atoms with Crippen LogP contribution in [-0.2, 0) is 7.05 Å². The highest BCUT2D eigenvalue weighted by molar-refractivity contribution is 5.82. The number of rotatable bonds is 1. The molecule has 2 nitrogen and oxygen atoms in total. The van der Waals surface area contributed by atoms with Gasteiger partial charge in [0, 0.05) is 24.8 Å². The van der Waals surface area contributed by atoms with Gasteiger partial charge in [0.1, 0.15) is 0 Å². The quantitative estimate of drug-likeness (QED) is 0.650. The van der Waals surface area contributed by atoms with Crippen molar-refractivity contribution in [1.29, 1.82) is 0 Å². The van der Waals surface area contributed by atoms with Crippen LogP contribution >= 0.6 is 0 Å². The number of aromatic nitrogens is 2. The van der Waals surface area contributed by atoms with Gasteiger partial charge in [-0.2, -0.15) is 0 Å². The van der Waals surface area contributed by atoms with E-state index in [1.165, 1.54) is 16.6 Å². The van der Waals surface area contributed by atoms with E-state index in [9.17, 15) is 0 Å². The lowest BCUT2D eigenvalue weighted by atomic mass is 10.1. The van der Waals surface area contributed by atoms with Crippen LogP contribution in [-0.4, -0.2) is 9.55 Å². The molecule has 68 valence electrons. The Morgan fingerprint density at radius 2 is 2.08 bits per heavy atom. The van der Waals surface area contributed by atoms with Crippen LogP contribution in [0.4, 0.5) is 0 Å². The molecule has 0 atom stereocenters. The SMILES string of the molecule is CC(C)c1nccc2ccn(C)c12. The average molecular weight is 174 g/mol. The first-order chi connectivity index (χ1) is 6.20. The van der Waals surface area contributed by atoms with Crippen LogP contribution in [0.15, 0.2) is 24.5 Å². The Bertz CT molecular complexity index is 427. The molecule has 0 saturated heterocycles. The lowest BCUT2D eigenvalue weighted by Crippen LogP contribution is -1.97. The van der Waals surface area contributed by atoms with Crippen LogP contribution in [0.5, 0.6) is 0 Å². The van der Waals surface area contributed by atoms with Gasteiger partial charge in [0.2, 0.25) is 0 Å². The highest BCUT2D eigenvalue weighted by Crippen LogP contribution is 2.22. The molecule has 0 radical (unpaired) electrons. The van der Waals surface area contributed by atoms with E-state index in [4.69, 9.17) is 0 Å². The van der Waals surface area contributed by atoms with E-state index in [-0.39, 0.29) is 0 Å². The van der Waals surface area contributed by atoms with Crippen molar-refractivity contribution in [2.75, 3.05) is 0 Å². The lowest BCUT2D eigenvalue weighted by Gasteiger charge is -2.07. The molecule has 0 aliphatic carbocycles. The van der Waals surface area contributed by atoms with Crippen molar-refractivity contribution in [2.24, 2.45) is 7.05 Å². The van der Waals surface area contributed by atoms with Crippen molar-refractivity contribution in [2.45, 2.75) is 19.8 Å². The summed E-state index contributed by atoms with van der Waals surface area (Å²) in [5.74, 6) is 0.484. The maximum absolute atomic E-state index is 4.42. The minimum atomic E-state index is 0.484. The van der Waals surface area contributed by atoms with Gasteiger partial charge in [-0.25, -0.2) is 0 Å². The molecular weight excluding hydrogens is 160 g/mol. The summed E-state index contributed by atoms with van der Waals surface area (Å²) < 4.78 is 2.14. The first-order valence-corrected chi connectivity index (χ1v) is 4.60. The van der Waals surface area contributed by atoms with Gasteiger partial charge in [-0.15, -0.1) is 0 Å². The molecule has 0 spiro atoms. The molecule has 0 unspecified atom stereocenters. The molecule has 2 aromatic heterocycles. The fourth-order valence-corrected chi connectivity index (χ4v) is 1.69. The molecule has 0 fully saturated rings. The predicted molar refractivity (Wildman–Crippen MR) is 54.8 cm³/mol. The zero-order chi connectivity index (χ0) is 9.42. The Hall–Kier alpha value is -1.31. The summed E-state index contributed by atoms with van der Waals surface area (Å²) in [5.41, 5.74) is 2.45. The Kier molecular flexibility index (Phi) is 1.83. The molecular formula is C11H14N2. The van der Waals surface area contributed by atoms with Gasteiger partial charge in [-0.05, 0) is 18.1 Å². The molecule has 2 rings (SSSR count). The number of nitrogens with zero attached hydrogens (tertiary/aromatic N) is 2. The van der Waals surface area contributed by atoms with E-state index in [0.717, 1.165) is 0 Å². The Morgan fingerprint density at radius 1 is 1.31 bits per heavy atom. The second-order valence-electron chi connectivity index (χ2n) is 3.72. The van der Waals surface area contributed by atoms with Gasteiger partial charge in [0.25, 0.3) is 0 Å². The minimum absolute atomic E-state index is 0.484. The summed E-state index contributed by atoms with van der Waals surface area (Å²) in [5, 5.41) is 1.28. The van der Waals surface area contributed by atoms with E-state index < -0.39 is 0 Å². The average Bonchev–Trinajstić information content (AvgIpc) is 2.48. The molecule has 0 N–H and O–H groups in total. The molecule has 0 amide bonds. The summed E-state index contributed by atoms with van der Waals surface area (Å²) in [6.45, 7) is 4.35. The summed E-state index contributed by atoms with van der Waals surface area (Å²) in [6.07, 6.45) is 3.97. The monoisotopic (exact) mass is 174 g/mol. The molecule has 0 bridgehead atoms. The van der Waals surface area contributed by atoms with Crippen LogP contribution < -0.4 is 0 Å². The largest absolute Gasteiger partial charge is 0.349 e. The number of aryl methyl sites for hydroxylation is 1. The smallest absolute Gasteiger partial charge is 0.0699 e. The molecule has 13 heavy (non-hydrogen) atoms. The Labute approximate surface area is 78.2 Å². The fourth-order valence-electron chi connectivity index (χ4n) is 1.69. The van der Waals surface area contributed by atoms with Crippen LogP contribution in [0, 0.1) is 0 Å². The van der Waals surface area contributed by atoms with Gasteiger partial charge >= 0.3 is 0 Å². The second kappa shape index (κ2) is 2.87. The normalized spacial score (nSPS) is 11.4. The van der Waals surface area contributed by atoms with Crippen molar-refractivity contribution >= 4 is 10.9 Å². The van der Waals surface area contributed by atoms with Crippen LogP contribution in [0.2, 0.25) is 0 Å². The standard InChI is InChI=1S/C11H14N2/c1-8(2)10-11-9(4-6-12-10)5-7-13(11)3/h4-8H,1-3H3. The number of hydrogen-bond acceptors (Lipinski definition) is 1. The summed E-state index contributed by atoms with van der Waals surface area (Å²) >= 11 is 0. The predicted octanol–water partition coefficient (Wildman–Crippen LogP) is 2.70. The minimum Gasteiger partial charge on any atom is -0.349 e. The Balaban J connectivity index is 2.80. The van der Waals surface area contributed by atoms with Crippen molar-refractivity contribution in [1.82, 2.24) is 9.55 Å².